The molecule has 0 heteroatoms. The summed E-state index contributed by atoms with van der Waals surface area (Å²) in [4.78, 5) is 0. The molecule has 0 bridgehead atoms. The van der Waals surface area contributed by atoms with E-state index in [-0.39, 0.29) is 22.3 Å². The molecule has 0 aliphatic heterocycles. The summed E-state index contributed by atoms with van der Waals surface area (Å²) in [6.07, 6.45) is 17.9. The Bertz CT molecular complexity index is 457. The second-order valence-corrected chi connectivity index (χ2v) is 8.81. The molecule has 0 aromatic carbocycles. The van der Waals surface area contributed by atoms with E-state index in [9.17, 15) is 0 Å². The molecular formula is C27H54. The van der Waals surface area contributed by atoms with Crippen molar-refractivity contribution in [1.29, 1.82) is 0 Å². The van der Waals surface area contributed by atoms with Gasteiger partial charge in [0.25, 0.3) is 0 Å². The van der Waals surface area contributed by atoms with Gasteiger partial charge in [-0.25, -0.2) is 0 Å². The van der Waals surface area contributed by atoms with Crippen LogP contribution in [-0.2, 0) is 0 Å². The molecule has 0 saturated carbocycles. The van der Waals surface area contributed by atoms with Crippen molar-refractivity contribution in [1.82, 2.24) is 0 Å². The summed E-state index contributed by atoms with van der Waals surface area (Å²) in [6, 6.07) is 0. The maximum absolute atomic E-state index is 2.43. The van der Waals surface area contributed by atoms with Gasteiger partial charge in [-0.2, -0.15) is 0 Å². The van der Waals surface area contributed by atoms with E-state index in [2.05, 4.69) is 79.7 Å². The maximum atomic E-state index is 2.43. The van der Waals surface area contributed by atoms with Gasteiger partial charge in [0.2, 0.25) is 0 Å². The van der Waals surface area contributed by atoms with Crippen LogP contribution in [0.25, 0.3) is 0 Å². The Balaban J connectivity index is -0.000000882. The van der Waals surface area contributed by atoms with Crippen LogP contribution in [0.3, 0.4) is 0 Å². The number of allylic oxidation sites excluding steroid dienone is 8. The van der Waals surface area contributed by atoms with E-state index in [1.165, 1.54) is 67.2 Å². The minimum atomic E-state index is 0. The summed E-state index contributed by atoms with van der Waals surface area (Å²) in [5.41, 5.74) is 6.42. The van der Waals surface area contributed by atoms with Crippen LogP contribution < -0.4 is 0 Å². The number of rotatable bonds is 10. The molecule has 0 saturated heterocycles. The molecule has 0 radical (unpaired) electrons. The summed E-state index contributed by atoms with van der Waals surface area (Å²) in [6.45, 7) is 18.1. The molecule has 0 heterocycles. The van der Waals surface area contributed by atoms with Gasteiger partial charge in [-0.3, -0.25) is 0 Å². The van der Waals surface area contributed by atoms with Crippen LogP contribution in [0, 0.1) is 5.41 Å². The number of hydrogen-bond donors (Lipinski definition) is 0. The Morgan fingerprint density at radius 3 is 1.22 bits per heavy atom. The lowest BCUT2D eigenvalue weighted by atomic mass is 9.91. The zero-order chi connectivity index (χ0) is 18.6. The third kappa shape index (κ3) is 25.0. The molecule has 162 valence electrons. The average molecular weight is 379 g/mol. The first-order chi connectivity index (χ1) is 11.1. The fourth-order valence-corrected chi connectivity index (χ4v) is 2.47. The van der Waals surface area contributed by atoms with E-state index in [0.717, 1.165) is 0 Å². The zero-order valence-corrected chi connectivity index (χ0v) is 17.8. The Morgan fingerprint density at radius 2 is 0.889 bits per heavy atom. The van der Waals surface area contributed by atoms with Crippen LogP contribution >= 0.6 is 0 Å². The minimum absolute atomic E-state index is 0. The van der Waals surface area contributed by atoms with Gasteiger partial charge in [0.1, 0.15) is 0 Å². The van der Waals surface area contributed by atoms with Crippen LogP contribution in [0.15, 0.2) is 46.6 Å². The van der Waals surface area contributed by atoms with Gasteiger partial charge in [0.15, 0.2) is 0 Å². The SMILES string of the molecule is C.C.C.CC(C)=CCC/C(C)=C\CC/C(C)=C\CC/C(C)=C\CC(C)(C)C. The van der Waals surface area contributed by atoms with E-state index in [1.807, 2.05) is 0 Å². The highest BCUT2D eigenvalue weighted by molar-refractivity contribution is 5.07. The first-order valence-electron chi connectivity index (χ1n) is 9.70. The Labute approximate surface area is 174 Å². The second-order valence-electron chi connectivity index (χ2n) is 8.81. The molecule has 0 atom stereocenters. The molecule has 0 nitrogen and oxygen atoms in total. The summed E-state index contributed by atoms with van der Waals surface area (Å²) in [5, 5.41) is 0. The van der Waals surface area contributed by atoms with Crippen LogP contribution in [-0.4, -0.2) is 0 Å². The van der Waals surface area contributed by atoms with E-state index in [0.29, 0.717) is 5.41 Å². The van der Waals surface area contributed by atoms with Crippen molar-refractivity contribution in [2.24, 2.45) is 5.41 Å². The van der Waals surface area contributed by atoms with Crippen molar-refractivity contribution in [3.63, 3.8) is 0 Å². The molecule has 0 N–H and O–H groups in total. The molecular weight excluding hydrogens is 324 g/mol. The zero-order valence-electron chi connectivity index (χ0n) is 17.8. The predicted molar refractivity (Wildman–Crippen MR) is 133 cm³/mol. The van der Waals surface area contributed by atoms with Crippen molar-refractivity contribution in [3.8, 4) is 0 Å². The van der Waals surface area contributed by atoms with Crippen LogP contribution in [0.4, 0.5) is 0 Å². The van der Waals surface area contributed by atoms with Crippen molar-refractivity contribution in [3.05, 3.63) is 46.6 Å². The van der Waals surface area contributed by atoms with E-state index in [4.69, 9.17) is 0 Å². The van der Waals surface area contributed by atoms with Gasteiger partial charge in [-0.1, -0.05) is 89.6 Å². The van der Waals surface area contributed by atoms with Crippen molar-refractivity contribution in [2.45, 2.75) is 123 Å². The summed E-state index contributed by atoms with van der Waals surface area (Å²) in [7, 11) is 0. The Morgan fingerprint density at radius 1 is 0.556 bits per heavy atom. The third-order valence-corrected chi connectivity index (χ3v) is 4.22. The highest BCUT2D eigenvalue weighted by atomic mass is 14.1. The molecule has 0 aromatic rings. The first-order valence-corrected chi connectivity index (χ1v) is 9.70. The fraction of sp³-hybridized carbons (Fsp3) is 0.704. The van der Waals surface area contributed by atoms with Gasteiger partial charge in [0.05, 0.1) is 0 Å². The normalized spacial score (nSPS) is 12.5. The topological polar surface area (TPSA) is 0 Å². The molecule has 0 unspecified atom stereocenters. The highest BCUT2D eigenvalue weighted by Gasteiger charge is 2.07. The second kappa shape index (κ2) is 18.3. The van der Waals surface area contributed by atoms with Gasteiger partial charge in [-0.15, -0.1) is 0 Å². The van der Waals surface area contributed by atoms with Crippen LogP contribution in [0.1, 0.15) is 123 Å². The number of hydrogen-bond acceptors (Lipinski definition) is 0. The molecule has 0 spiro atoms. The Kier molecular flexibility index (Phi) is 22.8. The first kappa shape index (κ1) is 33.5. The Hall–Kier alpha value is -1.04. The predicted octanol–water partition coefficient (Wildman–Crippen LogP) is 10.5. The summed E-state index contributed by atoms with van der Waals surface area (Å²) in [5.74, 6) is 0. The molecule has 0 rings (SSSR count). The lowest BCUT2D eigenvalue weighted by molar-refractivity contribution is 0.419. The molecule has 0 aliphatic carbocycles. The average Bonchev–Trinajstić information content (AvgIpc) is 2.44. The molecule has 27 heavy (non-hydrogen) atoms. The van der Waals surface area contributed by atoms with E-state index < -0.39 is 0 Å². The molecule has 0 amide bonds. The highest BCUT2D eigenvalue weighted by Crippen LogP contribution is 2.21. The van der Waals surface area contributed by atoms with Gasteiger partial charge < -0.3 is 0 Å². The lowest BCUT2D eigenvalue weighted by Crippen LogP contribution is -2.02. The quantitative estimate of drug-likeness (QED) is 0.331. The fourth-order valence-electron chi connectivity index (χ4n) is 2.47. The van der Waals surface area contributed by atoms with Gasteiger partial charge in [0, 0.05) is 0 Å². The maximum Gasteiger partial charge on any atom is -0.0288 e. The lowest BCUT2D eigenvalue weighted by Gasteiger charge is -2.15. The van der Waals surface area contributed by atoms with Gasteiger partial charge in [-0.05, 0) is 85.0 Å². The molecule has 0 aromatic heterocycles. The van der Waals surface area contributed by atoms with Crippen molar-refractivity contribution in [2.75, 3.05) is 0 Å². The van der Waals surface area contributed by atoms with Crippen LogP contribution in [0.5, 0.6) is 0 Å². The molecule has 0 aliphatic rings. The minimum Gasteiger partial charge on any atom is -0.0856 e. The summed E-state index contributed by atoms with van der Waals surface area (Å²) >= 11 is 0. The van der Waals surface area contributed by atoms with Crippen molar-refractivity contribution < 1.29 is 0 Å². The van der Waals surface area contributed by atoms with E-state index >= 15 is 0 Å². The summed E-state index contributed by atoms with van der Waals surface area (Å²) < 4.78 is 0. The smallest absolute Gasteiger partial charge is 0.0288 e. The standard InChI is InChI=1S/C24H42.3CH4/c1-20(2)12-9-13-21(3)14-10-15-22(4)16-11-17-23(5)18-19-24(6,7)8;;;/h12,14,16,18H,9-11,13,15,17,19H2,1-8H3;3*1H4/b21-14-,22-16-,23-18-;;;. The largest absolute Gasteiger partial charge is 0.0856 e. The van der Waals surface area contributed by atoms with Crippen molar-refractivity contribution >= 4 is 0 Å². The monoisotopic (exact) mass is 378 g/mol. The third-order valence-electron chi connectivity index (χ3n) is 4.22. The molecule has 0 fully saturated rings. The van der Waals surface area contributed by atoms with Gasteiger partial charge >= 0.3 is 0 Å². The van der Waals surface area contributed by atoms with Crippen LogP contribution in [0.2, 0.25) is 0 Å². The van der Waals surface area contributed by atoms with E-state index in [1.54, 1.807) is 0 Å².